The van der Waals surface area contributed by atoms with E-state index in [0.717, 1.165) is 19.3 Å². The predicted octanol–water partition coefficient (Wildman–Crippen LogP) is 2.65. The fourth-order valence-electron chi connectivity index (χ4n) is 3.41. The van der Waals surface area contributed by atoms with Gasteiger partial charge in [-0.3, -0.25) is 9.59 Å². The van der Waals surface area contributed by atoms with Crippen LogP contribution in [0.5, 0.6) is 0 Å². The van der Waals surface area contributed by atoms with Crippen LogP contribution in [0.1, 0.15) is 65.2 Å². The molecule has 0 bridgehead atoms. The monoisotopic (exact) mass is 348 g/mol. The molecule has 0 N–H and O–H groups in total. The minimum atomic E-state index is -0.464. The molecule has 0 radical (unpaired) electrons. The lowest BCUT2D eigenvalue weighted by molar-refractivity contribution is -0.139. The van der Waals surface area contributed by atoms with Crippen LogP contribution >= 0.6 is 0 Å². The second-order valence-electron chi connectivity index (χ2n) is 7.10. The molecule has 1 saturated carbocycles. The van der Waals surface area contributed by atoms with E-state index in [1.165, 1.54) is 7.11 Å². The number of carbonyl (C=O) groups is 3. The summed E-state index contributed by atoms with van der Waals surface area (Å²) in [5, 5.41) is 0. The number of rotatable bonds is 6. The molecule has 1 aliphatic rings. The van der Waals surface area contributed by atoms with Gasteiger partial charge in [0.25, 0.3) is 0 Å². The summed E-state index contributed by atoms with van der Waals surface area (Å²) >= 11 is 0. The molecule has 1 aromatic rings. The molecular weight excluding hydrogens is 320 g/mol. The lowest BCUT2D eigenvalue weighted by Crippen LogP contribution is -2.45. The minimum absolute atomic E-state index is 0.0403. The Kier molecular flexibility index (Phi) is 5.70. The van der Waals surface area contributed by atoms with Crippen LogP contribution in [0.25, 0.3) is 0 Å². The number of ether oxygens (including phenoxy) is 1. The van der Waals surface area contributed by atoms with Crippen LogP contribution in [0.2, 0.25) is 0 Å². The Morgan fingerprint density at radius 3 is 2.28 bits per heavy atom. The number of nitrogens with zero attached hydrogens (tertiary/aromatic N) is 2. The molecule has 0 spiro atoms. The van der Waals surface area contributed by atoms with Crippen molar-refractivity contribution in [3.05, 3.63) is 22.5 Å². The van der Waals surface area contributed by atoms with E-state index < -0.39 is 5.97 Å². The van der Waals surface area contributed by atoms with Gasteiger partial charge in [-0.1, -0.05) is 6.42 Å². The van der Waals surface area contributed by atoms with E-state index in [0.29, 0.717) is 22.5 Å². The standard InChI is InChI=1S/C19H28N2O4/c1-11(2)21(18(23)14-8-7-9-14)10-15(22)16-12(3)17(19(24)25-6)20(5)13(16)4/h11,14H,7-10H2,1-6H3. The van der Waals surface area contributed by atoms with E-state index in [1.807, 2.05) is 13.8 Å². The zero-order valence-corrected chi connectivity index (χ0v) is 16.0. The predicted molar refractivity (Wildman–Crippen MR) is 94.7 cm³/mol. The van der Waals surface area contributed by atoms with Gasteiger partial charge in [0, 0.05) is 30.3 Å². The highest BCUT2D eigenvalue weighted by molar-refractivity contribution is 6.04. The van der Waals surface area contributed by atoms with E-state index >= 15 is 0 Å². The largest absolute Gasteiger partial charge is 0.464 e. The summed E-state index contributed by atoms with van der Waals surface area (Å²) in [5.41, 5.74) is 2.21. The lowest BCUT2D eigenvalue weighted by atomic mass is 9.84. The molecule has 0 unspecified atom stereocenters. The first kappa shape index (κ1) is 19.2. The van der Waals surface area contributed by atoms with E-state index in [4.69, 9.17) is 4.74 Å². The second kappa shape index (κ2) is 7.42. The van der Waals surface area contributed by atoms with Crippen LogP contribution in [0.15, 0.2) is 0 Å². The highest BCUT2D eigenvalue weighted by atomic mass is 16.5. The van der Waals surface area contributed by atoms with Gasteiger partial charge in [-0.15, -0.1) is 0 Å². The van der Waals surface area contributed by atoms with Crippen molar-refractivity contribution in [1.82, 2.24) is 9.47 Å². The summed E-state index contributed by atoms with van der Waals surface area (Å²) < 4.78 is 6.50. The molecule has 6 nitrogen and oxygen atoms in total. The van der Waals surface area contributed by atoms with E-state index in [2.05, 4.69) is 0 Å². The molecule has 6 heteroatoms. The highest BCUT2D eigenvalue weighted by Gasteiger charge is 2.33. The Hall–Kier alpha value is -2.11. The van der Waals surface area contributed by atoms with Crippen molar-refractivity contribution >= 4 is 17.7 Å². The summed E-state index contributed by atoms with van der Waals surface area (Å²) in [6.45, 7) is 7.45. The van der Waals surface area contributed by atoms with E-state index in [-0.39, 0.29) is 30.2 Å². The Labute approximate surface area is 149 Å². The molecule has 1 fully saturated rings. The summed E-state index contributed by atoms with van der Waals surface area (Å²) in [4.78, 5) is 39.2. The average Bonchev–Trinajstić information content (AvgIpc) is 2.71. The summed E-state index contributed by atoms with van der Waals surface area (Å²) in [6, 6.07) is -0.0403. The summed E-state index contributed by atoms with van der Waals surface area (Å²) in [5.74, 6) is -0.483. The second-order valence-corrected chi connectivity index (χ2v) is 7.10. The van der Waals surface area contributed by atoms with Gasteiger partial charge in [0.2, 0.25) is 5.91 Å². The van der Waals surface area contributed by atoms with Crippen molar-refractivity contribution in [2.24, 2.45) is 13.0 Å². The number of amides is 1. The average molecular weight is 348 g/mol. The van der Waals surface area contributed by atoms with Crippen molar-refractivity contribution in [2.45, 2.75) is 53.0 Å². The van der Waals surface area contributed by atoms with E-state index in [1.54, 1.807) is 30.4 Å². The van der Waals surface area contributed by atoms with Crippen LogP contribution in [0.3, 0.4) is 0 Å². The topological polar surface area (TPSA) is 68.6 Å². The Bertz CT molecular complexity index is 699. The molecule has 0 saturated heterocycles. The highest BCUT2D eigenvalue weighted by Crippen LogP contribution is 2.29. The van der Waals surface area contributed by atoms with Gasteiger partial charge in [0.15, 0.2) is 5.78 Å². The zero-order chi connectivity index (χ0) is 18.9. The zero-order valence-electron chi connectivity index (χ0n) is 16.0. The van der Waals surface area contributed by atoms with Crippen molar-refractivity contribution in [3.63, 3.8) is 0 Å². The molecule has 2 rings (SSSR count). The third-order valence-corrected chi connectivity index (χ3v) is 5.26. The summed E-state index contributed by atoms with van der Waals surface area (Å²) in [6.07, 6.45) is 2.90. The Morgan fingerprint density at radius 2 is 1.84 bits per heavy atom. The van der Waals surface area contributed by atoms with Gasteiger partial charge >= 0.3 is 5.97 Å². The van der Waals surface area contributed by atoms with Crippen LogP contribution in [-0.2, 0) is 16.6 Å². The number of methoxy groups -OCH3 is 1. The summed E-state index contributed by atoms with van der Waals surface area (Å²) in [7, 11) is 3.06. The maximum atomic E-state index is 13.0. The molecule has 0 atom stereocenters. The first-order valence-corrected chi connectivity index (χ1v) is 8.78. The van der Waals surface area contributed by atoms with Crippen LogP contribution in [-0.4, -0.2) is 46.8 Å². The fourth-order valence-corrected chi connectivity index (χ4v) is 3.41. The number of hydrogen-bond acceptors (Lipinski definition) is 4. The molecule has 0 aromatic carbocycles. The molecule has 25 heavy (non-hydrogen) atoms. The van der Waals surface area contributed by atoms with Crippen molar-refractivity contribution < 1.29 is 19.1 Å². The maximum Gasteiger partial charge on any atom is 0.354 e. The lowest BCUT2D eigenvalue weighted by Gasteiger charge is -2.33. The van der Waals surface area contributed by atoms with Crippen molar-refractivity contribution in [2.75, 3.05) is 13.7 Å². The molecule has 138 valence electrons. The Morgan fingerprint density at radius 1 is 1.24 bits per heavy atom. The van der Waals surface area contributed by atoms with Gasteiger partial charge in [0.1, 0.15) is 5.69 Å². The molecule has 1 aliphatic carbocycles. The number of ketones is 1. The molecule has 1 amide bonds. The smallest absolute Gasteiger partial charge is 0.354 e. The Balaban J connectivity index is 2.30. The first-order chi connectivity index (χ1) is 11.7. The molecule has 1 heterocycles. The third-order valence-electron chi connectivity index (χ3n) is 5.26. The number of hydrogen-bond donors (Lipinski definition) is 0. The maximum absolute atomic E-state index is 13.0. The van der Waals surface area contributed by atoms with Crippen LogP contribution in [0.4, 0.5) is 0 Å². The van der Waals surface area contributed by atoms with Gasteiger partial charge in [-0.05, 0) is 46.1 Å². The molecular formula is C19H28N2O4. The van der Waals surface area contributed by atoms with Gasteiger partial charge in [-0.25, -0.2) is 4.79 Å². The molecule has 0 aliphatic heterocycles. The SMILES string of the molecule is COC(=O)c1c(C)c(C(=O)CN(C(=O)C2CCC2)C(C)C)c(C)n1C. The van der Waals surface area contributed by atoms with Crippen LogP contribution in [0, 0.1) is 19.8 Å². The van der Waals surface area contributed by atoms with Crippen LogP contribution < -0.4 is 0 Å². The molecule has 1 aromatic heterocycles. The normalized spacial score (nSPS) is 14.4. The number of aromatic nitrogens is 1. The van der Waals surface area contributed by atoms with E-state index in [9.17, 15) is 14.4 Å². The van der Waals surface area contributed by atoms with Gasteiger partial charge in [-0.2, -0.15) is 0 Å². The fraction of sp³-hybridized carbons (Fsp3) is 0.632. The minimum Gasteiger partial charge on any atom is -0.464 e. The number of esters is 1. The third kappa shape index (κ3) is 3.48. The number of Topliss-reactive ketones (excluding diaryl/α,β-unsaturated/α-hetero) is 1. The van der Waals surface area contributed by atoms with Crippen molar-refractivity contribution in [3.8, 4) is 0 Å². The number of carbonyl (C=O) groups excluding carboxylic acids is 3. The first-order valence-electron chi connectivity index (χ1n) is 8.78. The van der Waals surface area contributed by atoms with Crippen molar-refractivity contribution in [1.29, 1.82) is 0 Å². The van der Waals surface area contributed by atoms with Gasteiger partial charge < -0.3 is 14.2 Å². The quantitative estimate of drug-likeness (QED) is 0.585. The van der Waals surface area contributed by atoms with Gasteiger partial charge in [0.05, 0.1) is 13.7 Å².